The maximum Gasteiger partial charge on any atom is 0.178 e. The standard InChI is InChI=1S/C17H16ClFN4O/c1-8-7-11-14(9(2)24)21-16(22-17(11)20-8)10-5-6-12(18)15(13(10)19)23(3)4/h5-7H,1-4H3,(H,20,21,22). The van der Waals surface area contributed by atoms with E-state index < -0.39 is 5.82 Å². The predicted molar refractivity (Wildman–Crippen MR) is 93.4 cm³/mol. The van der Waals surface area contributed by atoms with Crippen LogP contribution in [-0.2, 0) is 0 Å². The van der Waals surface area contributed by atoms with Gasteiger partial charge >= 0.3 is 0 Å². The second-order valence-corrected chi connectivity index (χ2v) is 6.23. The van der Waals surface area contributed by atoms with E-state index in [2.05, 4.69) is 15.0 Å². The number of H-pyrrole nitrogens is 1. The van der Waals surface area contributed by atoms with Crippen molar-refractivity contribution in [3.05, 3.63) is 40.4 Å². The minimum Gasteiger partial charge on any atom is -0.374 e. The van der Waals surface area contributed by atoms with Crippen LogP contribution in [0.2, 0.25) is 5.02 Å². The molecule has 0 radical (unpaired) electrons. The molecule has 24 heavy (non-hydrogen) atoms. The minimum absolute atomic E-state index is 0.145. The Balaban J connectivity index is 2.31. The summed E-state index contributed by atoms with van der Waals surface area (Å²) in [7, 11) is 3.40. The lowest BCUT2D eigenvalue weighted by Crippen LogP contribution is -2.12. The van der Waals surface area contributed by atoms with Gasteiger partial charge in [0.05, 0.1) is 16.3 Å². The molecule has 5 nitrogen and oxygen atoms in total. The molecule has 0 unspecified atom stereocenters. The normalized spacial score (nSPS) is 11.1. The van der Waals surface area contributed by atoms with E-state index in [-0.39, 0.29) is 28.6 Å². The van der Waals surface area contributed by atoms with Crippen molar-refractivity contribution in [2.75, 3.05) is 19.0 Å². The van der Waals surface area contributed by atoms with E-state index in [1.54, 1.807) is 31.1 Å². The van der Waals surface area contributed by atoms with Crippen molar-refractivity contribution in [2.24, 2.45) is 0 Å². The van der Waals surface area contributed by atoms with Crippen molar-refractivity contribution in [2.45, 2.75) is 13.8 Å². The average Bonchev–Trinajstić information content (AvgIpc) is 2.85. The molecule has 0 bridgehead atoms. The molecule has 0 saturated carbocycles. The lowest BCUT2D eigenvalue weighted by Gasteiger charge is -2.17. The smallest absolute Gasteiger partial charge is 0.178 e. The number of halogens is 2. The number of benzene rings is 1. The van der Waals surface area contributed by atoms with E-state index in [0.29, 0.717) is 16.1 Å². The predicted octanol–water partition coefficient (Wildman–Crippen LogP) is 3.99. The summed E-state index contributed by atoms with van der Waals surface area (Å²) in [6.45, 7) is 3.29. The Morgan fingerprint density at radius 3 is 2.62 bits per heavy atom. The number of fused-ring (bicyclic) bond motifs is 1. The van der Waals surface area contributed by atoms with Gasteiger partial charge in [-0.3, -0.25) is 4.79 Å². The molecule has 0 atom stereocenters. The van der Waals surface area contributed by atoms with Crippen LogP contribution < -0.4 is 4.90 Å². The zero-order chi connectivity index (χ0) is 17.6. The number of nitrogens with zero attached hydrogens (tertiary/aromatic N) is 3. The summed E-state index contributed by atoms with van der Waals surface area (Å²) in [5.74, 6) is -0.582. The van der Waals surface area contributed by atoms with E-state index in [1.807, 2.05) is 6.92 Å². The Kier molecular flexibility index (Phi) is 4.01. The van der Waals surface area contributed by atoms with Crippen LogP contribution in [-0.4, -0.2) is 34.8 Å². The topological polar surface area (TPSA) is 61.9 Å². The van der Waals surface area contributed by atoms with Gasteiger partial charge in [-0.05, 0) is 25.1 Å². The number of ketones is 1. The number of anilines is 1. The molecule has 2 heterocycles. The lowest BCUT2D eigenvalue weighted by atomic mass is 10.1. The van der Waals surface area contributed by atoms with E-state index in [4.69, 9.17) is 11.6 Å². The SMILES string of the molecule is CC(=O)c1nc(-c2ccc(Cl)c(N(C)C)c2F)nc2[nH]c(C)cc12. The van der Waals surface area contributed by atoms with Crippen molar-refractivity contribution >= 4 is 34.1 Å². The van der Waals surface area contributed by atoms with Crippen LogP contribution in [0.3, 0.4) is 0 Å². The van der Waals surface area contributed by atoms with Crippen molar-refractivity contribution in [3.8, 4) is 11.4 Å². The number of Topliss-reactive ketones (excluding diaryl/α,β-unsaturated/α-hetero) is 1. The van der Waals surface area contributed by atoms with Crippen LogP contribution in [0.25, 0.3) is 22.4 Å². The molecular weight excluding hydrogens is 331 g/mol. The van der Waals surface area contributed by atoms with Gasteiger partial charge in [-0.25, -0.2) is 14.4 Å². The van der Waals surface area contributed by atoms with Gasteiger partial charge in [0.25, 0.3) is 0 Å². The fourth-order valence-corrected chi connectivity index (χ4v) is 2.97. The highest BCUT2D eigenvalue weighted by atomic mass is 35.5. The van der Waals surface area contributed by atoms with Gasteiger partial charge < -0.3 is 9.88 Å². The molecule has 3 aromatic rings. The third-order valence-corrected chi connectivity index (χ3v) is 4.02. The van der Waals surface area contributed by atoms with E-state index in [9.17, 15) is 9.18 Å². The zero-order valence-electron chi connectivity index (χ0n) is 13.7. The number of carbonyl (C=O) groups is 1. The van der Waals surface area contributed by atoms with Crippen LogP contribution in [0.4, 0.5) is 10.1 Å². The summed E-state index contributed by atoms with van der Waals surface area (Å²) in [5, 5.41) is 0.927. The highest BCUT2D eigenvalue weighted by Crippen LogP contribution is 2.34. The summed E-state index contributed by atoms with van der Waals surface area (Å²) in [5.41, 5.74) is 2.07. The molecular formula is C17H16ClFN4O. The first-order chi connectivity index (χ1) is 11.3. The summed E-state index contributed by atoms with van der Waals surface area (Å²) >= 11 is 6.08. The Morgan fingerprint density at radius 1 is 1.29 bits per heavy atom. The van der Waals surface area contributed by atoms with Gasteiger partial charge in [0.1, 0.15) is 11.3 Å². The molecule has 7 heteroatoms. The highest BCUT2D eigenvalue weighted by Gasteiger charge is 2.20. The number of hydrogen-bond donors (Lipinski definition) is 1. The zero-order valence-corrected chi connectivity index (χ0v) is 14.5. The second-order valence-electron chi connectivity index (χ2n) is 5.82. The number of aromatic amines is 1. The quantitative estimate of drug-likeness (QED) is 0.728. The van der Waals surface area contributed by atoms with Crippen LogP contribution in [0, 0.1) is 12.7 Å². The van der Waals surface area contributed by atoms with Gasteiger partial charge in [0.2, 0.25) is 0 Å². The molecule has 0 aliphatic rings. The lowest BCUT2D eigenvalue weighted by molar-refractivity contribution is 0.101. The molecule has 0 aliphatic heterocycles. The minimum atomic E-state index is -0.523. The Hall–Kier alpha value is -2.47. The molecule has 124 valence electrons. The van der Waals surface area contributed by atoms with Gasteiger partial charge in [0.15, 0.2) is 17.4 Å². The van der Waals surface area contributed by atoms with E-state index >= 15 is 0 Å². The van der Waals surface area contributed by atoms with Crippen LogP contribution in [0.15, 0.2) is 18.2 Å². The molecule has 0 fully saturated rings. The maximum absolute atomic E-state index is 14.9. The Morgan fingerprint density at radius 2 is 2.00 bits per heavy atom. The first kappa shape index (κ1) is 16.4. The number of nitrogens with one attached hydrogen (secondary N) is 1. The first-order valence-electron chi connectivity index (χ1n) is 7.33. The van der Waals surface area contributed by atoms with Crippen molar-refractivity contribution < 1.29 is 9.18 Å². The fraction of sp³-hybridized carbons (Fsp3) is 0.235. The number of aryl methyl sites for hydroxylation is 1. The van der Waals surface area contributed by atoms with Crippen molar-refractivity contribution in [3.63, 3.8) is 0 Å². The van der Waals surface area contributed by atoms with E-state index in [0.717, 1.165) is 5.69 Å². The summed E-state index contributed by atoms with van der Waals surface area (Å²) in [6, 6.07) is 4.92. The molecule has 1 aromatic carbocycles. The summed E-state index contributed by atoms with van der Waals surface area (Å²) < 4.78 is 14.9. The van der Waals surface area contributed by atoms with Crippen LogP contribution >= 0.6 is 11.6 Å². The first-order valence-corrected chi connectivity index (χ1v) is 7.71. The van der Waals surface area contributed by atoms with Crippen LogP contribution in [0.1, 0.15) is 23.1 Å². The largest absolute Gasteiger partial charge is 0.374 e. The van der Waals surface area contributed by atoms with Crippen LogP contribution in [0.5, 0.6) is 0 Å². The van der Waals surface area contributed by atoms with E-state index in [1.165, 1.54) is 13.0 Å². The van der Waals surface area contributed by atoms with Gasteiger partial charge in [-0.1, -0.05) is 11.6 Å². The second kappa shape index (κ2) is 5.87. The molecule has 0 spiro atoms. The van der Waals surface area contributed by atoms with Gasteiger partial charge in [-0.15, -0.1) is 0 Å². The fourth-order valence-electron chi connectivity index (χ4n) is 2.65. The molecule has 0 amide bonds. The third-order valence-electron chi connectivity index (χ3n) is 3.71. The molecule has 0 aliphatic carbocycles. The van der Waals surface area contributed by atoms with Gasteiger partial charge in [0, 0.05) is 32.1 Å². The third kappa shape index (κ3) is 2.63. The Labute approximate surface area is 143 Å². The van der Waals surface area contributed by atoms with Crippen molar-refractivity contribution in [1.82, 2.24) is 15.0 Å². The maximum atomic E-state index is 14.9. The number of aromatic nitrogens is 3. The summed E-state index contributed by atoms with van der Waals surface area (Å²) in [4.78, 5) is 25.3. The molecule has 1 N–H and O–H groups in total. The monoisotopic (exact) mass is 346 g/mol. The number of hydrogen-bond acceptors (Lipinski definition) is 4. The number of carbonyl (C=O) groups excluding carboxylic acids is 1. The summed E-state index contributed by atoms with van der Waals surface area (Å²) in [6.07, 6.45) is 0. The molecule has 0 saturated heterocycles. The van der Waals surface area contributed by atoms with Gasteiger partial charge in [-0.2, -0.15) is 0 Å². The molecule has 2 aromatic heterocycles. The molecule has 3 rings (SSSR count). The average molecular weight is 347 g/mol. The van der Waals surface area contributed by atoms with Crippen molar-refractivity contribution in [1.29, 1.82) is 0 Å². The Bertz CT molecular complexity index is 965. The number of rotatable bonds is 3. The highest BCUT2D eigenvalue weighted by molar-refractivity contribution is 6.33.